The molecular formula is C6H11N3O. The molecule has 4 nitrogen and oxygen atoms in total. The molecule has 0 saturated heterocycles. The molecule has 56 valence electrons. The first kappa shape index (κ1) is 7.24. The van der Waals surface area contributed by atoms with Crippen LogP contribution in [0.1, 0.15) is 11.9 Å². The van der Waals surface area contributed by atoms with Gasteiger partial charge in [-0.1, -0.05) is 0 Å². The molecule has 0 fully saturated rings. The summed E-state index contributed by atoms with van der Waals surface area (Å²) in [7, 11) is 1.85. The van der Waals surface area contributed by atoms with E-state index in [9.17, 15) is 0 Å². The molecule has 0 unspecified atom stereocenters. The number of hydrogen-bond donors (Lipinski definition) is 2. The molecule has 1 rings (SSSR count). The van der Waals surface area contributed by atoms with Crippen LogP contribution in [0.5, 0.6) is 0 Å². The van der Waals surface area contributed by atoms with Crippen molar-refractivity contribution >= 4 is 0 Å². The van der Waals surface area contributed by atoms with Crippen molar-refractivity contribution in [1.82, 2.24) is 9.55 Å². The lowest BCUT2D eigenvalue weighted by Crippen LogP contribution is -2.18. The Morgan fingerprint density at radius 3 is 3.00 bits per heavy atom. The van der Waals surface area contributed by atoms with Gasteiger partial charge in [0.2, 0.25) is 0 Å². The molecule has 1 atom stereocenters. The zero-order valence-electron chi connectivity index (χ0n) is 5.86. The van der Waals surface area contributed by atoms with E-state index in [1.165, 1.54) is 0 Å². The molecule has 0 radical (unpaired) electrons. The number of aliphatic hydroxyl groups excluding tert-OH is 1. The van der Waals surface area contributed by atoms with Gasteiger partial charge in [0.1, 0.15) is 5.82 Å². The first-order valence-electron chi connectivity index (χ1n) is 3.09. The average Bonchev–Trinajstić information content (AvgIpc) is 2.34. The second-order valence-electron chi connectivity index (χ2n) is 2.19. The summed E-state index contributed by atoms with van der Waals surface area (Å²) in [6.07, 6.45) is 3.45. The van der Waals surface area contributed by atoms with E-state index in [-0.39, 0.29) is 12.6 Å². The Kier molecular flexibility index (Phi) is 2.03. The van der Waals surface area contributed by atoms with E-state index in [0.717, 1.165) is 0 Å². The van der Waals surface area contributed by atoms with Gasteiger partial charge in [0, 0.05) is 19.4 Å². The maximum atomic E-state index is 8.65. The Hall–Kier alpha value is -0.870. The van der Waals surface area contributed by atoms with Gasteiger partial charge in [0.05, 0.1) is 12.6 Å². The van der Waals surface area contributed by atoms with Gasteiger partial charge < -0.3 is 15.4 Å². The number of hydrogen-bond acceptors (Lipinski definition) is 3. The predicted molar refractivity (Wildman–Crippen MR) is 37.2 cm³/mol. The van der Waals surface area contributed by atoms with Crippen molar-refractivity contribution in [1.29, 1.82) is 0 Å². The molecule has 0 spiro atoms. The van der Waals surface area contributed by atoms with Gasteiger partial charge in [0.15, 0.2) is 0 Å². The van der Waals surface area contributed by atoms with Crippen LogP contribution in [0.4, 0.5) is 0 Å². The Morgan fingerprint density at radius 1 is 1.90 bits per heavy atom. The van der Waals surface area contributed by atoms with E-state index in [0.29, 0.717) is 5.82 Å². The molecule has 0 amide bonds. The molecule has 0 saturated carbocycles. The summed E-state index contributed by atoms with van der Waals surface area (Å²) in [5.74, 6) is 0.711. The third-order valence-corrected chi connectivity index (χ3v) is 1.39. The van der Waals surface area contributed by atoms with Crippen LogP contribution >= 0.6 is 0 Å². The van der Waals surface area contributed by atoms with Crippen molar-refractivity contribution < 1.29 is 5.11 Å². The highest BCUT2D eigenvalue weighted by atomic mass is 16.3. The zero-order chi connectivity index (χ0) is 7.56. The maximum Gasteiger partial charge on any atom is 0.127 e. The second kappa shape index (κ2) is 2.81. The lowest BCUT2D eigenvalue weighted by Gasteiger charge is -2.06. The minimum atomic E-state index is -0.361. The number of nitrogens with two attached hydrogens (primary N) is 1. The van der Waals surface area contributed by atoms with Gasteiger partial charge in [0.25, 0.3) is 0 Å². The number of imidazole rings is 1. The van der Waals surface area contributed by atoms with Gasteiger partial charge in [-0.25, -0.2) is 4.98 Å². The lowest BCUT2D eigenvalue weighted by atomic mass is 10.3. The number of rotatable bonds is 2. The van der Waals surface area contributed by atoms with Crippen molar-refractivity contribution in [3.63, 3.8) is 0 Å². The van der Waals surface area contributed by atoms with Crippen LogP contribution < -0.4 is 5.73 Å². The Balaban J connectivity index is 2.82. The van der Waals surface area contributed by atoms with Gasteiger partial charge >= 0.3 is 0 Å². The van der Waals surface area contributed by atoms with Crippen molar-refractivity contribution in [2.24, 2.45) is 12.8 Å². The van der Waals surface area contributed by atoms with Crippen LogP contribution in [0.25, 0.3) is 0 Å². The molecule has 0 aromatic carbocycles. The van der Waals surface area contributed by atoms with E-state index < -0.39 is 0 Å². The standard InChI is InChI=1S/C6H11N3O/c1-9-3-2-8-6(9)5(7)4-10/h2-3,5,10H,4,7H2,1H3/t5-/m1/s1. The summed E-state index contributed by atoms with van der Waals surface area (Å²) in [5.41, 5.74) is 5.51. The molecule has 0 bridgehead atoms. The fourth-order valence-electron chi connectivity index (χ4n) is 0.816. The predicted octanol–water partition coefficient (Wildman–Crippen LogP) is -0.588. The highest BCUT2D eigenvalue weighted by molar-refractivity contribution is 4.96. The van der Waals surface area contributed by atoms with Crippen LogP contribution in [-0.4, -0.2) is 21.3 Å². The van der Waals surface area contributed by atoms with Crippen LogP contribution in [-0.2, 0) is 7.05 Å². The van der Waals surface area contributed by atoms with Crippen molar-refractivity contribution in [2.75, 3.05) is 6.61 Å². The number of nitrogens with zero attached hydrogens (tertiary/aromatic N) is 2. The molecule has 0 aliphatic rings. The fraction of sp³-hybridized carbons (Fsp3) is 0.500. The third-order valence-electron chi connectivity index (χ3n) is 1.39. The minimum Gasteiger partial charge on any atom is -0.394 e. The Morgan fingerprint density at radius 2 is 2.60 bits per heavy atom. The van der Waals surface area contributed by atoms with Crippen molar-refractivity contribution in [3.8, 4) is 0 Å². The van der Waals surface area contributed by atoms with E-state index in [1.807, 2.05) is 7.05 Å². The molecule has 1 aromatic heterocycles. The van der Waals surface area contributed by atoms with E-state index >= 15 is 0 Å². The first-order valence-corrected chi connectivity index (χ1v) is 3.09. The molecule has 1 heterocycles. The van der Waals surface area contributed by atoms with Gasteiger partial charge in [-0.3, -0.25) is 0 Å². The average molecular weight is 141 g/mol. The van der Waals surface area contributed by atoms with Crippen molar-refractivity contribution in [2.45, 2.75) is 6.04 Å². The number of aryl methyl sites for hydroxylation is 1. The summed E-state index contributed by atoms with van der Waals surface area (Å²) >= 11 is 0. The molecule has 0 aliphatic heterocycles. The van der Waals surface area contributed by atoms with Crippen molar-refractivity contribution in [3.05, 3.63) is 18.2 Å². The molecule has 10 heavy (non-hydrogen) atoms. The normalized spacial score (nSPS) is 13.5. The largest absolute Gasteiger partial charge is 0.394 e. The summed E-state index contributed by atoms with van der Waals surface area (Å²) in [6, 6.07) is -0.361. The minimum absolute atomic E-state index is 0.0646. The van der Waals surface area contributed by atoms with Gasteiger partial charge in [-0.05, 0) is 0 Å². The smallest absolute Gasteiger partial charge is 0.127 e. The SMILES string of the molecule is Cn1ccnc1[C@H](N)CO. The quantitative estimate of drug-likeness (QED) is 0.578. The van der Waals surface area contributed by atoms with Crippen LogP contribution in [0.3, 0.4) is 0 Å². The summed E-state index contributed by atoms with van der Waals surface area (Å²) < 4.78 is 1.79. The van der Waals surface area contributed by atoms with Gasteiger partial charge in [-0.15, -0.1) is 0 Å². The van der Waals surface area contributed by atoms with Gasteiger partial charge in [-0.2, -0.15) is 0 Å². The summed E-state index contributed by atoms with van der Waals surface area (Å²) in [5, 5.41) is 8.65. The van der Waals surface area contributed by atoms with Crippen LogP contribution in [0.2, 0.25) is 0 Å². The summed E-state index contributed by atoms with van der Waals surface area (Å²) in [6.45, 7) is -0.0646. The molecule has 0 aliphatic carbocycles. The second-order valence-corrected chi connectivity index (χ2v) is 2.19. The topological polar surface area (TPSA) is 64.1 Å². The van der Waals surface area contributed by atoms with E-state index in [2.05, 4.69) is 4.98 Å². The first-order chi connectivity index (χ1) is 4.75. The molecular weight excluding hydrogens is 130 g/mol. The fourth-order valence-corrected chi connectivity index (χ4v) is 0.816. The van der Waals surface area contributed by atoms with Crippen LogP contribution in [0.15, 0.2) is 12.4 Å². The monoisotopic (exact) mass is 141 g/mol. The zero-order valence-corrected chi connectivity index (χ0v) is 5.86. The Bertz CT molecular complexity index is 209. The highest BCUT2D eigenvalue weighted by Gasteiger charge is 2.07. The molecule has 3 N–H and O–H groups in total. The molecule has 4 heteroatoms. The lowest BCUT2D eigenvalue weighted by molar-refractivity contribution is 0.261. The third kappa shape index (κ3) is 1.17. The molecule has 1 aromatic rings. The van der Waals surface area contributed by atoms with Crippen LogP contribution in [0, 0.1) is 0 Å². The Labute approximate surface area is 59.3 Å². The van der Waals surface area contributed by atoms with E-state index in [4.69, 9.17) is 10.8 Å². The number of aliphatic hydroxyl groups is 1. The van der Waals surface area contributed by atoms with E-state index in [1.54, 1.807) is 17.0 Å². The highest BCUT2D eigenvalue weighted by Crippen LogP contribution is 2.03. The summed E-state index contributed by atoms with van der Waals surface area (Å²) in [4.78, 5) is 3.96. The number of aromatic nitrogens is 2. The maximum absolute atomic E-state index is 8.65.